The Labute approximate surface area is 230 Å². The standard InChI is InChI=1S/C31H40N4O4/c1-20-29(36)34-26(18-21-8-4-3-5-9-21)30(37)32-17-7-12-23-10-6-11-24-15-16-25(39-28(23)24)19-33-27(22-13-14-22)31(38)35(20)2/h3-6,8-11,20,22,25-27,33H,7,12-19H2,1-2H3,(H,32,37)(H,34,36)/t20-,25?,26+,27-/m1/s1. The number of carbonyl (C=O) groups excluding carboxylic acids is 3. The van der Waals surface area contributed by atoms with E-state index in [9.17, 15) is 14.4 Å². The van der Waals surface area contributed by atoms with Gasteiger partial charge in [0.1, 0.15) is 23.9 Å². The van der Waals surface area contributed by atoms with Gasteiger partial charge in [0.05, 0.1) is 6.04 Å². The van der Waals surface area contributed by atoms with Crippen LogP contribution in [-0.4, -0.2) is 67.0 Å². The first-order chi connectivity index (χ1) is 18.9. The number of amides is 3. The highest BCUT2D eigenvalue weighted by molar-refractivity contribution is 5.93. The third-order valence-electron chi connectivity index (χ3n) is 8.27. The lowest BCUT2D eigenvalue weighted by Crippen LogP contribution is -2.57. The lowest BCUT2D eigenvalue weighted by atomic mass is 9.96. The fraction of sp³-hybridized carbons (Fsp3) is 0.516. The lowest BCUT2D eigenvalue weighted by Gasteiger charge is -2.32. The molecule has 2 bridgehead atoms. The van der Waals surface area contributed by atoms with Crippen LogP contribution < -0.4 is 20.7 Å². The van der Waals surface area contributed by atoms with Gasteiger partial charge in [-0.25, -0.2) is 0 Å². The van der Waals surface area contributed by atoms with E-state index < -0.39 is 12.1 Å². The van der Waals surface area contributed by atoms with Crippen molar-refractivity contribution in [3.8, 4) is 5.75 Å². The molecule has 5 rings (SSSR count). The van der Waals surface area contributed by atoms with Crippen LogP contribution >= 0.6 is 0 Å². The number of nitrogens with one attached hydrogen (secondary N) is 3. The van der Waals surface area contributed by atoms with Crippen molar-refractivity contribution < 1.29 is 19.1 Å². The summed E-state index contributed by atoms with van der Waals surface area (Å²) in [7, 11) is 1.67. The molecule has 2 aromatic carbocycles. The van der Waals surface area contributed by atoms with Gasteiger partial charge in [0.2, 0.25) is 17.7 Å². The molecule has 1 saturated carbocycles. The second kappa shape index (κ2) is 12.2. The van der Waals surface area contributed by atoms with Gasteiger partial charge in [-0.3, -0.25) is 14.4 Å². The van der Waals surface area contributed by atoms with Crippen LogP contribution in [0, 0.1) is 5.92 Å². The minimum Gasteiger partial charge on any atom is -0.489 e. The Morgan fingerprint density at radius 1 is 0.923 bits per heavy atom. The molecule has 208 valence electrons. The van der Waals surface area contributed by atoms with E-state index in [4.69, 9.17) is 4.74 Å². The second-order valence-corrected chi connectivity index (χ2v) is 11.2. The quantitative estimate of drug-likeness (QED) is 0.564. The van der Waals surface area contributed by atoms with Crippen LogP contribution in [0.15, 0.2) is 48.5 Å². The number of hydrogen-bond acceptors (Lipinski definition) is 5. The third kappa shape index (κ3) is 6.61. The van der Waals surface area contributed by atoms with Gasteiger partial charge in [0, 0.05) is 26.6 Å². The maximum Gasteiger partial charge on any atom is 0.243 e. The number of para-hydroxylation sites is 1. The van der Waals surface area contributed by atoms with E-state index in [1.807, 2.05) is 30.3 Å². The van der Waals surface area contributed by atoms with Gasteiger partial charge in [-0.05, 0) is 68.1 Å². The maximum absolute atomic E-state index is 13.6. The Kier molecular flexibility index (Phi) is 8.50. The molecule has 1 unspecified atom stereocenters. The summed E-state index contributed by atoms with van der Waals surface area (Å²) in [5.74, 6) is 0.566. The number of aryl methyl sites for hydroxylation is 2. The van der Waals surface area contributed by atoms with Crippen LogP contribution in [0.5, 0.6) is 5.75 Å². The van der Waals surface area contributed by atoms with E-state index in [0.717, 1.165) is 55.4 Å². The van der Waals surface area contributed by atoms with Gasteiger partial charge in [-0.2, -0.15) is 0 Å². The highest BCUT2D eigenvalue weighted by Crippen LogP contribution is 2.35. The molecule has 3 aliphatic rings. The van der Waals surface area contributed by atoms with Gasteiger partial charge >= 0.3 is 0 Å². The monoisotopic (exact) mass is 532 g/mol. The van der Waals surface area contributed by atoms with E-state index in [1.54, 1.807) is 14.0 Å². The first kappa shape index (κ1) is 27.2. The molecular weight excluding hydrogens is 492 g/mol. The average molecular weight is 533 g/mol. The van der Waals surface area contributed by atoms with E-state index in [0.29, 0.717) is 19.5 Å². The van der Waals surface area contributed by atoms with E-state index in [-0.39, 0.29) is 35.8 Å². The zero-order chi connectivity index (χ0) is 27.4. The molecule has 0 radical (unpaired) electrons. The molecule has 0 aromatic heterocycles. The Bertz CT molecular complexity index is 1180. The summed E-state index contributed by atoms with van der Waals surface area (Å²) in [4.78, 5) is 41.7. The van der Waals surface area contributed by atoms with Crippen LogP contribution in [0.25, 0.3) is 0 Å². The van der Waals surface area contributed by atoms with E-state index in [2.05, 4.69) is 34.1 Å². The molecular formula is C31H40N4O4. The zero-order valence-electron chi connectivity index (χ0n) is 22.9. The number of rotatable bonds is 3. The van der Waals surface area contributed by atoms with Crippen molar-refractivity contribution in [2.45, 2.75) is 76.1 Å². The predicted octanol–water partition coefficient (Wildman–Crippen LogP) is 2.39. The van der Waals surface area contributed by atoms with Crippen molar-refractivity contribution in [3.05, 3.63) is 65.2 Å². The normalized spacial score (nSPS) is 27.0. The zero-order valence-corrected chi connectivity index (χ0v) is 22.9. The van der Waals surface area contributed by atoms with Gasteiger partial charge in [0.15, 0.2) is 0 Å². The van der Waals surface area contributed by atoms with Gasteiger partial charge in [-0.15, -0.1) is 0 Å². The van der Waals surface area contributed by atoms with Gasteiger partial charge < -0.3 is 25.6 Å². The SMILES string of the molecule is C[C@@H]1C(=O)N[C@@H](Cc2ccccc2)C(=O)NCCCc2cccc3c2OC(CC3)CN[C@H](C2CC2)C(=O)N1C. The molecule has 2 heterocycles. The molecule has 2 aliphatic heterocycles. The molecule has 39 heavy (non-hydrogen) atoms. The molecule has 2 aromatic rings. The summed E-state index contributed by atoms with van der Waals surface area (Å²) < 4.78 is 6.47. The minimum absolute atomic E-state index is 0.0175. The number of nitrogens with zero attached hydrogens (tertiary/aromatic N) is 1. The molecule has 8 heteroatoms. The topological polar surface area (TPSA) is 99.8 Å². The second-order valence-electron chi connectivity index (χ2n) is 11.2. The fourth-order valence-electron chi connectivity index (χ4n) is 5.56. The van der Waals surface area contributed by atoms with Gasteiger partial charge in [0.25, 0.3) is 0 Å². The minimum atomic E-state index is -0.740. The predicted molar refractivity (Wildman–Crippen MR) is 149 cm³/mol. The van der Waals surface area contributed by atoms with Crippen LogP contribution in [0.2, 0.25) is 0 Å². The molecule has 0 saturated heterocycles. The van der Waals surface area contributed by atoms with Gasteiger partial charge in [-0.1, -0.05) is 48.5 Å². The fourth-order valence-corrected chi connectivity index (χ4v) is 5.56. The molecule has 8 nitrogen and oxygen atoms in total. The Morgan fingerprint density at radius 2 is 1.67 bits per heavy atom. The summed E-state index contributed by atoms with van der Waals surface area (Å²) in [6.45, 7) is 2.80. The number of hydrogen-bond donors (Lipinski definition) is 3. The van der Waals surface area contributed by atoms with Crippen molar-refractivity contribution in [3.63, 3.8) is 0 Å². The lowest BCUT2D eigenvalue weighted by molar-refractivity contribution is -0.141. The van der Waals surface area contributed by atoms with Crippen molar-refractivity contribution in [2.75, 3.05) is 20.1 Å². The van der Waals surface area contributed by atoms with Crippen molar-refractivity contribution in [2.24, 2.45) is 5.92 Å². The number of likely N-dealkylation sites (N-methyl/N-ethyl adjacent to an activating group) is 1. The number of carbonyl (C=O) groups is 3. The Morgan fingerprint density at radius 3 is 2.41 bits per heavy atom. The van der Waals surface area contributed by atoms with Crippen molar-refractivity contribution >= 4 is 17.7 Å². The molecule has 4 atom stereocenters. The first-order valence-electron chi connectivity index (χ1n) is 14.3. The van der Waals surface area contributed by atoms with Crippen LogP contribution in [-0.2, 0) is 33.6 Å². The summed E-state index contributed by atoms with van der Waals surface area (Å²) in [6, 6.07) is 14.1. The Balaban J connectivity index is 1.39. The smallest absolute Gasteiger partial charge is 0.243 e. The van der Waals surface area contributed by atoms with E-state index >= 15 is 0 Å². The summed E-state index contributed by atoms with van der Waals surface area (Å²) in [5.41, 5.74) is 3.32. The van der Waals surface area contributed by atoms with Crippen molar-refractivity contribution in [1.29, 1.82) is 0 Å². The molecule has 1 fully saturated rings. The van der Waals surface area contributed by atoms with Crippen LogP contribution in [0.1, 0.15) is 49.3 Å². The number of fused-ring (bicyclic) bond motifs is 1. The average Bonchev–Trinajstić information content (AvgIpc) is 3.79. The molecule has 3 amide bonds. The van der Waals surface area contributed by atoms with Crippen molar-refractivity contribution in [1.82, 2.24) is 20.9 Å². The highest BCUT2D eigenvalue weighted by atomic mass is 16.5. The summed E-state index contributed by atoms with van der Waals surface area (Å²) in [5, 5.41) is 9.46. The Hall–Kier alpha value is -3.39. The third-order valence-corrected chi connectivity index (χ3v) is 8.27. The van der Waals surface area contributed by atoms with Crippen LogP contribution in [0.4, 0.5) is 0 Å². The molecule has 3 N–H and O–H groups in total. The number of ether oxygens (including phenoxy) is 1. The number of benzene rings is 2. The summed E-state index contributed by atoms with van der Waals surface area (Å²) in [6.07, 6.45) is 5.72. The highest BCUT2D eigenvalue weighted by Gasteiger charge is 2.40. The largest absolute Gasteiger partial charge is 0.489 e. The van der Waals surface area contributed by atoms with E-state index in [1.165, 1.54) is 10.5 Å². The van der Waals surface area contributed by atoms with Crippen LogP contribution in [0.3, 0.4) is 0 Å². The first-order valence-corrected chi connectivity index (χ1v) is 14.3. The molecule has 1 aliphatic carbocycles. The molecule has 0 spiro atoms. The maximum atomic E-state index is 13.6. The summed E-state index contributed by atoms with van der Waals surface area (Å²) >= 11 is 0.